The molecular formula is C21H25F4N5O4. The maximum atomic E-state index is 13.7. The van der Waals surface area contributed by atoms with Crippen molar-refractivity contribution in [3.63, 3.8) is 0 Å². The topological polar surface area (TPSA) is 101 Å². The van der Waals surface area contributed by atoms with Gasteiger partial charge in [0.2, 0.25) is 5.88 Å². The number of pyridine rings is 1. The van der Waals surface area contributed by atoms with E-state index in [9.17, 15) is 22.4 Å². The lowest BCUT2D eigenvalue weighted by Gasteiger charge is -2.58. The summed E-state index contributed by atoms with van der Waals surface area (Å²) < 4.78 is 52.7. The monoisotopic (exact) mass is 487 g/mol. The van der Waals surface area contributed by atoms with Gasteiger partial charge in [0.05, 0.1) is 12.1 Å². The van der Waals surface area contributed by atoms with E-state index in [0.717, 1.165) is 19.4 Å². The normalized spacial score (nSPS) is 19.7. The summed E-state index contributed by atoms with van der Waals surface area (Å²) in [4.78, 5) is 29.7. The first kappa shape index (κ1) is 25.4. The lowest BCUT2D eigenvalue weighted by Crippen LogP contribution is -2.72. The van der Waals surface area contributed by atoms with Crippen LogP contribution in [0.4, 0.5) is 17.6 Å². The Bertz CT molecular complexity index is 1020. The Kier molecular flexibility index (Phi) is 7.44. The van der Waals surface area contributed by atoms with Crippen LogP contribution >= 0.6 is 0 Å². The van der Waals surface area contributed by atoms with Gasteiger partial charge in [0, 0.05) is 32.5 Å². The minimum Gasteiger partial charge on any atom is -0.475 e. The third kappa shape index (κ3) is 5.64. The molecule has 2 aliphatic heterocycles. The van der Waals surface area contributed by atoms with Crippen LogP contribution in [-0.2, 0) is 11.8 Å². The Hall–Kier alpha value is -3.22. The fourth-order valence-electron chi connectivity index (χ4n) is 4.15. The molecule has 2 aromatic heterocycles. The number of aromatic nitrogens is 3. The second kappa shape index (κ2) is 9.95. The van der Waals surface area contributed by atoms with Gasteiger partial charge in [0.15, 0.2) is 5.82 Å². The summed E-state index contributed by atoms with van der Waals surface area (Å²) in [6, 6.07) is 4.65. The number of likely N-dealkylation sites (N-methyl/N-ethyl adjacent to an activating group) is 1. The zero-order chi connectivity index (χ0) is 25.1. The first-order valence-electron chi connectivity index (χ1n) is 10.4. The lowest BCUT2D eigenvalue weighted by molar-refractivity contribution is -0.192. The van der Waals surface area contributed by atoms with Gasteiger partial charge in [0.1, 0.15) is 5.69 Å². The second-order valence-electron chi connectivity index (χ2n) is 8.41. The lowest BCUT2D eigenvalue weighted by atomic mass is 9.75. The van der Waals surface area contributed by atoms with Gasteiger partial charge < -0.3 is 14.7 Å². The number of rotatable bonds is 4. The molecule has 186 valence electrons. The van der Waals surface area contributed by atoms with Crippen LogP contribution < -0.4 is 4.74 Å². The quantitative estimate of drug-likeness (QED) is 0.660. The summed E-state index contributed by atoms with van der Waals surface area (Å²) >= 11 is 0. The average molecular weight is 487 g/mol. The van der Waals surface area contributed by atoms with Crippen LogP contribution in [0.25, 0.3) is 0 Å². The second-order valence-corrected chi connectivity index (χ2v) is 8.41. The molecule has 2 fully saturated rings. The number of amides is 1. The van der Waals surface area contributed by atoms with Crippen LogP contribution in [0.2, 0.25) is 0 Å². The van der Waals surface area contributed by atoms with Crippen LogP contribution in [0, 0.1) is 11.7 Å². The van der Waals surface area contributed by atoms with Crippen molar-refractivity contribution >= 4 is 11.9 Å². The van der Waals surface area contributed by atoms with Gasteiger partial charge in [-0.2, -0.15) is 18.3 Å². The fourth-order valence-corrected chi connectivity index (χ4v) is 4.15. The zero-order valence-electron chi connectivity index (χ0n) is 18.6. The average Bonchev–Trinajstić information content (AvgIpc) is 3.18. The third-order valence-corrected chi connectivity index (χ3v) is 6.07. The number of carboxylic acid groups (broad SMARTS) is 1. The number of aliphatic carboxylic acids is 1. The van der Waals surface area contributed by atoms with Crippen molar-refractivity contribution < 1.29 is 37.0 Å². The van der Waals surface area contributed by atoms with Crippen LogP contribution in [0.5, 0.6) is 5.88 Å². The van der Waals surface area contributed by atoms with Crippen molar-refractivity contribution in [2.45, 2.75) is 24.6 Å². The Labute approximate surface area is 192 Å². The molecule has 34 heavy (non-hydrogen) atoms. The minimum absolute atomic E-state index is 0.0166. The smallest absolute Gasteiger partial charge is 0.475 e. The molecular weight excluding hydrogens is 462 g/mol. The molecule has 0 aromatic carbocycles. The number of carbonyl (C=O) groups is 2. The number of carboxylic acids is 1. The molecule has 0 bridgehead atoms. The Morgan fingerprint density at radius 1 is 1.24 bits per heavy atom. The number of halogens is 4. The van der Waals surface area contributed by atoms with Gasteiger partial charge in [-0.15, -0.1) is 0 Å². The van der Waals surface area contributed by atoms with Crippen molar-refractivity contribution in [1.82, 2.24) is 24.6 Å². The minimum atomic E-state index is -5.08. The maximum Gasteiger partial charge on any atom is 0.490 e. The summed E-state index contributed by atoms with van der Waals surface area (Å²) in [6.45, 7) is 2.77. The van der Waals surface area contributed by atoms with E-state index in [1.165, 1.54) is 12.3 Å². The molecule has 9 nitrogen and oxygen atoms in total. The maximum absolute atomic E-state index is 13.7. The molecule has 2 saturated heterocycles. The van der Waals surface area contributed by atoms with Crippen LogP contribution in [0.3, 0.4) is 0 Å². The number of ether oxygens (including phenoxy) is 1. The fraction of sp³-hybridized carbons (Fsp3) is 0.524. The predicted molar refractivity (Wildman–Crippen MR) is 111 cm³/mol. The van der Waals surface area contributed by atoms with Crippen molar-refractivity contribution in [3.05, 3.63) is 42.1 Å². The van der Waals surface area contributed by atoms with Crippen molar-refractivity contribution in [3.8, 4) is 5.88 Å². The molecule has 0 saturated carbocycles. The number of hydrogen-bond acceptors (Lipinski definition) is 6. The van der Waals surface area contributed by atoms with Crippen molar-refractivity contribution in [2.75, 3.05) is 33.3 Å². The van der Waals surface area contributed by atoms with Gasteiger partial charge in [-0.05, 0) is 50.6 Å². The van der Waals surface area contributed by atoms with E-state index in [0.29, 0.717) is 31.3 Å². The Morgan fingerprint density at radius 2 is 1.91 bits per heavy atom. The van der Waals surface area contributed by atoms with E-state index in [1.54, 1.807) is 30.1 Å². The van der Waals surface area contributed by atoms with E-state index >= 15 is 0 Å². The number of carbonyl (C=O) groups excluding carboxylic acids is 1. The van der Waals surface area contributed by atoms with Gasteiger partial charge >= 0.3 is 12.1 Å². The molecule has 1 amide bonds. The molecule has 13 heteroatoms. The number of likely N-dealkylation sites (tertiary alicyclic amines) is 2. The van der Waals surface area contributed by atoms with Gasteiger partial charge in [0.25, 0.3) is 5.91 Å². The van der Waals surface area contributed by atoms with Crippen LogP contribution in [0.1, 0.15) is 23.3 Å². The predicted octanol–water partition coefficient (Wildman–Crippen LogP) is 2.20. The Balaban J connectivity index is 0.000000406. The highest BCUT2D eigenvalue weighted by Gasteiger charge is 2.51. The summed E-state index contributed by atoms with van der Waals surface area (Å²) in [5.41, 5.74) is 0.581. The van der Waals surface area contributed by atoms with E-state index in [2.05, 4.69) is 22.0 Å². The molecule has 0 radical (unpaired) electrons. The number of hydrogen-bond donors (Lipinski definition) is 1. The van der Waals surface area contributed by atoms with E-state index in [-0.39, 0.29) is 17.3 Å². The summed E-state index contributed by atoms with van der Waals surface area (Å²) in [6.07, 6.45) is -0.00243. The molecule has 2 aromatic rings. The molecule has 2 aliphatic rings. The highest BCUT2D eigenvalue weighted by Crippen LogP contribution is 2.39. The standard InChI is InChI=1S/C19H24FN5O2.C2HF3O2/c1-23-9-6-14(11-27-17-15(20)4-3-7-21-17)10-19(23)12-25(13-19)18(26)16-5-8-22-24(16)2;3-2(4,5)1(6)7/h3-5,7-8,14H,6,9-13H2,1-2H3;(H,6,7). The molecule has 4 rings (SSSR count). The molecule has 1 N–H and O–H groups in total. The molecule has 4 heterocycles. The molecule has 1 unspecified atom stereocenters. The first-order chi connectivity index (χ1) is 15.9. The van der Waals surface area contributed by atoms with Crippen molar-refractivity contribution in [1.29, 1.82) is 0 Å². The number of alkyl halides is 3. The summed E-state index contributed by atoms with van der Waals surface area (Å²) in [7, 11) is 3.89. The highest BCUT2D eigenvalue weighted by atomic mass is 19.4. The SMILES string of the molecule is CN1CCC(COc2ncccc2F)CC12CN(C(=O)c1ccnn1C)C2.O=C(O)C(F)(F)F. The van der Waals surface area contributed by atoms with Crippen LogP contribution in [-0.4, -0.2) is 86.6 Å². The largest absolute Gasteiger partial charge is 0.490 e. The summed E-state index contributed by atoms with van der Waals surface area (Å²) in [5, 5.41) is 11.2. The molecule has 0 aliphatic carbocycles. The number of aryl methyl sites for hydroxylation is 1. The first-order valence-corrected chi connectivity index (χ1v) is 10.4. The van der Waals surface area contributed by atoms with Crippen LogP contribution in [0.15, 0.2) is 30.6 Å². The molecule has 1 spiro atoms. The highest BCUT2D eigenvalue weighted by molar-refractivity contribution is 5.93. The van der Waals surface area contributed by atoms with Gasteiger partial charge in [-0.25, -0.2) is 14.2 Å². The van der Waals surface area contributed by atoms with Gasteiger partial charge in [-0.1, -0.05) is 0 Å². The molecule has 1 atom stereocenters. The zero-order valence-corrected chi connectivity index (χ0v) is 18.6. The van der Waals surface area contributed by atoms with Crippen molar-refractivity contribution in [2.24, 2.45) is 13.0 Å². The summed E-state index contributed by atoms with van der Waals surface area (Å²) in [5.74, 6) is -2.80. The number of piperidine rings is 1. The number of nitrogens with zero attached hydrogens (tertiary/aromatic N) is 5. The van der Waals surface area contributed by atoms with E-state index in [4.69, 9.17) is 14.6 Å². The van der Waals surface area contributed by atoms with E-state index in [1.807, 2.05) is 4.90 Å². The van der Waals surface area contributed by atoms with Gasteiger partial charge in [-0.3, -0.25) is 14.4 Å². The third-order valence-electron chi connectivity index (χ3n) is 6.07. The van der Waals surface area contributed by atoms with E-state index < -0.39 is 18.0 Å². The Morgan fingerprint density at radius 3 is 2.47 bits per heavy atom.